The van der Waals surface area contributed by atoms with Crippen LogP contribution in [-0.2, 0) is 0 Å². The average molecular weight is 276 g/mol. The van der Waals surface area contributed by atoms with E-state index in [-0.39, 0.29) is 11.7 Å². The molecule has 1 fully saturated rings. The molecule has 1 unspecified atom stereocenters. The molecule has 0 saturated heterocycles. The molecule has 0 amide bonds. The summed E-state index contributed by atoms with van der Waals surface area (Å²) in [7, 11) is 0. The summed E-state index contributed by atoms with van der Waals surface area (Å²) >= 11 is 0. The fourth-order valence-corrected chi connectivity index (χ4v) is 3.31. The van der Waals surface area contributed by atoms with Gasteiger partial charge in [-0.15, -0.1) is 0 Å². The number of halogens is 1. The van der Waals surface area contributed by atoms with Gasteiger partial charge in [0.25, 0.3) is 0 Å². The monoisotopic (exact) mass is 276 g/mol. The molecule has 3 heteroatoms. The van der Waals surface area contributed by atoms with E-state index in [0.29, 0.717) is 11.3 Å². The standard InChI is InChI=1S/C17H21FO2/c1-10-3-5-12(6-4-10)16(19)17-11(2)14-9-13(18)7-8-15(14)20-17/h7-10,12,16,19H,3-6H2,1-2H3. The lowest BCUT2D eigenvalue weighted by molar-refractivity contribution is 0.0582. The maximum Gasteiger partial charge on any atom is 0.136 e. The lowest BCUT2D eigenvalue weighted by atomic mass is 9.79. The smallest absolute Gasteiger partial charge is 0.136 e. The number of furan rings is 1. The first-order valence-electron chi connectivity index (χ1n) is 7.43. The number of hydrogen-bond donors (Lipinski definition) is 1. The van der Waals surface area contributed by atoms with Gasteiger partial charge in [-0.05, 0) is 49.8 Å². The van der Waals surface area contributed by atoms with Crippen molar-refractivity contribution in [1.82, 2.24) is 0 Å². The van der Waals surface area contributed by atoms with E-state index < -0.39 is 6.10 Å². The second-order valence-electron chi connectivity index (χ2n) is 6.20. The third-order valence-corrected chi connectivity index (χ3v) is 4.71. The quantitative estimate of drug-likeness (QED) is 0.859. The zero-order valence-corrected chi connectivity index (χ0v) is 12.0. The number of aryl methyl sites for hydroxylation is 1. The minimum absolute atomic E-state index is 0.260. The molecule has 1 heterocycles. The van der Waals surface area contributed by atoms with Crippen LogP contribution in [0, 0.1) is 24.6 Å². The van der Waals surface area contributed by atoms with E-state index in [1.54, 1.807) is 6.07 Å². The largest absolute Gasteiger partial charge is 0.458 e. The van der Waals surface area contributed by atoms with Crippen molar-refractivity contribution in [2.24, 2.45) is 11.8 Å². The van der Waals surface area contributed by atoms with Crippen molar-refractivity contribution in [2.45, 2.75) is 45.6 Å². The zero-order chi connectivity index (χ0) is 14.3. The number of aliphatic hydroxyl groups excluding tert-OH is 1. The Hall–Kier alpha value is -1.35. The van der Waals surface area contributed by atoms with Crippen molar-refractivity contribution in [3.8, 4) is 0 Å². The lowest BCUT2D eigenvalue weighted by Gasteiger charge is -2.29. The van der Waals surface area contributed by atoms with Crippen molar-refractivity contribution in [3.05, 3.63) is 35.3 Å². The fourth-order valence-electron chi connectivity index (χ4n) is 3.31. The summed E-state index contributed by atoms with van der Waals surface area (Å²) < 4.78 is 19.1. The van der Waals surface area contributed by atoms with E-state index in [9.17, 15) is 9.50 Å². The first-order chi connectivity index (χ1) is 9.56. The van der Waals surface area contributed by atoms with E-state index in [1.807, 2.05) is 6.92 Å². The number of rotatable bonds is 2. The predicted molar refractivity (Wildman–Crippen MR) is 77.0 cm³/mol. The minimum Gasteiger partial charge on any atom is -0.458 e. The van der Waals surface area contributed by atoms with Crippen LogP contribution in [0.4, 0.5) is 4.39 Å². The molecule has 108 valence electrons. The van der Waals surface area contributed by atoms with E-state index in [0.717, 1.165) is 42.6 Å². The first kappa shape index (κ1) is 13.6. The molecule has 20 heavy (non-hydrogen) atoms. The highest BCUT2D eigenvalue weighted by Gasteiger charge is 2.29. The summed E-state index contributed by atoms with van der Waals surface area (Å²) in [5.41, 5.74) is 1.52. The average Bonchev–Trinajstić information content (AvgIpc) is 2.76. The van der Waals surface area contributed by atoms with Crippen molar-refractivity contribution in [2.75, 3.05) is 0 Å². The summed E-state index contributed by atoms with van der Waals surface area (Å²) in [6, 6.07) is 4.51. The van der Waals surface area contributed by atoms with Gasteiger partial charge in [-0.2, -0.15) is 0 Å². The molecule has 0 aliphatic heterocycles. The lowest BCUT2D eigenvalue weighted by Crippen LogP contribution is -2.19. The highest BCUT2D eigenvalue weighted by atomic mass is 19.1. The molecule has 0 bridgehead atoms. The van der Waals surface area contributed by atoms with Crippen LogP contribution in [0.2, 0.25) is 0 Å². The third-order valence-electron chi connectivity index (χ3n) is 4.71. The van der Waals surface area contributed by atoms with Crippen molar-refractivity contribution < 1.29 is 13.9 Å². The predicted octanol–water partition coefficient (Wildman–Crippen LogP) is 4.74. The molecular formula is C17H21FO2. The van der Waals surface area contributed by atoms with Crippen LogP contribution in [0.1, 0.15) is 50.0 Å². The van der Waals surface area contributed by atoms with Crippen LogP contribution in [-0.4, -0.2) is 5.11 Å². The fraction of sp³-hybridized carbons (Fsp3) is 0.529. The summed E-state index contributed by atoms with van der Waals surface area (Å²) in [6.45, 7) is 4.16. The van der Waals surface area contributed by atoms with Gasteiger partial charge in [0.15, 0.2) is 0 Å². The number of aliphatic hydroxyl groups is 1. The Kier molecular flexibility index (Phi) is 3.55. The maximum atomic E-state index is 13.3. The second-order valence-corrected chi connectivity index (χ2v) is 6.20. The van der Waals surface area contributed by atoms with Crippen LogP contribution < -0.4 is 0 Å². The highest BCUT2D eigenvalue weighted by molar-refractivity contribution is 5.82. The van der Waals surface area contributed by atoms with Gasteiger partial charge in [-0.1, -0.05) is 19.8 Å². The van der Waals surface area contributed by atoms with Crippen LogP contribution in [0.3, 0.4) is 0 Å². The van der Waals surface area contributed by atoms with Crippen LogP contribution >= 0.6 is 0 Å². The minimum atomic E-state index is -0.571. The molecule has 1 N–H and O–H groups in total. The molecule has 1 aliphatic carbocycles. The van der Waals surface area contributed by atoms with E-state index in [2.05, 4.69) is 6.92 Å². The second kappa shape index (κ2) is 5.21. The van der Waals surface area contributed by atoms with Gasteiger partial charge >= 0.3 is 0 Å². The van der Waals surface area contributed by atoms with Crippen LogP contribution in [0.15, 0.2) is 22.6 Å². The van der Waals surface area contributed by atoms with Gasteiger partial charge in [0.1, 0.15) is 23.3 Å². The number of fused-ring (bicyclic) bond motifs is 1. The summed E-state index contributed by atoms with van der Waals surface area (Å²) in [4.78, 5) is 0. The molecule has 0 radical (unpaired) electrons. The molecule has 1 saturated carbocycles. The normalized spacial score (nSPS) is 25.0. The Morgan fingerprint density at radius 1 is 1.25 bits per heavy atom. The molecule has 1 aliphatic rings. The van der Waals surface area contributed by atoms with Gasteiger partial charge in [0.05, 0.1) is 0 Å². The number of benzene rings is 1. The van der Waals surface area contributed by atoms with E-state index >= 15 is 0 Å². The molecule has 2 aromatic rings. The van der Waals surface area contributed by atoms with Gasteiger partial charge in [-0.3, -0.25) is 0 Å². The van der Waals surface area contributed by atoms with Crippen LogP contribution in [0.25, 0.3) is 11.0 Å². The maximum absolute atomic E-state index is 13.3. The Morgan fingerprint density at radius 2 is 1.95 bits per heavy atom. The van der Waals surface area contributed by atoms with Gasteiger partial charge in [0, 0.05) is 10.9 Å². The number of hydrogen-bond acceptors (Lipinski definition) is 2. The third kappa shape index (κ3) is 2.35. The Balaban J connectivity index is 1.91. The van der Waals surface area contributed by atoms with Crippen LogP contribution in [0.5, 0.6) is 0 Å². The molecule has 1 aromatic heterocycles. The van der Waals surface area contributed by atoms with Gasteiger partial charge in [-0.25, -0.2) is 4.39 Å². The summed E-state index contributed by atoms with van der Waals surface area (Å²) in [5.74, 6) is 1.36. The van der Waals surface area contributed by atoms with Crippen molar-refractivity contribution >= 4 is 11.0 Å². The topological polar surface area (TPSA) is 33.4 Å². The Labute approximate surface area is 118 Å². The van der Waals surface area contributed by atoms with E-state index in [1.165, 1.54) is 12.1 Å². The van der Waals surface area contributed by atoms with Crippen molar-refractivity contribution in [1.29, 1.82) is 0 Å². The molecule has 3 rings (SSSR count). The molecule has 1 aromatic carbocycles. The molecular weight excluding hydrogens is 255 g/mol. The Morgan fingerprint density at radius 3 is 2.65 bits per heavy atom. The summed E-state index contributed by atoms with van der Waals surface area (Å²) in [5, 5.41) is 11.4. The summed E-state index contributed by atoms with van der Waals surface area (Å²) in [6.07, 6.45) is 3.82. The van der Waals surface area contributed by atoms with E-state index in [4.69, 9.17) is 4.42 Å². The Bertz CT molecular complexity index is 609. The SMILES string of the molecule is Cc1c(C(O)C2CCC(C)CC2)oc2ccc(F)cc12. The van der Waals surface area contributed by atoms with Crippen molar-refractivity contribution in [3.63, 3.8) is 0 Å². The first-order valence-corrected chi connectivity index (χ1v) is 7.43. The van der Waals surface area contributed by atoms with Gasteiger partial charge in [0.2, 0.25) is 0 Å². The molecule has 1 atom stereocenters. The van der Waals surface area contributed by atoms with Gasteiger partial charge < -0.3 is 9.52 Å². The molecule has 2 nitrogen and oxygen atoms in total. The zero-order valence-electron chi connectivity index (χ0n) is 12.0. The molecule has 0 spiro atoms. The highest BCUT2D eigenvalue weighted by Crippen LogP contribution is 2.40.